The zero-order valence-corrected chi connectivity index (χ0v) is 17.0. The largest absolute Gasteiger partial charge is 0.333 e. The van der Waals surface area contributed by atoms with Gasteiger partial charge >= 0.3 is 0 Å². The molecule has 2 heterocycles. The van der Waals surface area contributed by atoms with Crippen LogP contribution in [-0.2, 0) is 11.3 Å². The molecule has 0 radical (unpaired) electrons. The van der Waals surface area contributed by atoms with Gasteiger partial charge in [-0.2, -0.15) is 4.68 Å². The van der Waals surface area contributed by atoms with Gasteiger partial charge in [-0.05, 0) is 52.9 Å². The lowest BCUT2D eigenvalue weighted by molar-refractivity contribution is -0.128. The summed E-state index contributed by atoms with van der Waals surface area (Å²) in [5.74, 6) is 0.300. The number of amides is 1. The number of thiophene rings is 1. The third kappa shape index (κ3) is 4.64. The smallest absolute Gasteiger partial charge is 0.233 e. The quantitative estimate of drug-likeness (QED) is 0.427. The van der Waals surface area contributed by atoms with Crippen LogP contribution in [0.3, 0.4) is 0 Å². The Morgan fingerprint density at radius 3 is 2.93 bits per heavy atom. The lowest BCUT2D eigenvalue weighted by atomic mass is 10.1. The summed E-state index contributed by atoms with van der Waals surface area (Å²) in [5.41, 5.74) is 3.21. The Hall–Kier alpha value is -2.45. The van der Waals surface area contributed by atoms with Crippen LogP contribution in [-0.4, -0.2) is 43.3 Å². The van der Waals surface area contributed by atoms with Crippen molar-refractivity contribution in [1.82, 2.24) is 25.1 Å². The van der Waals surface area contributed by atoms with Gasteiger partial charge in [0.15, 0.2) is 0 Å². The first-order valence-corrected chi connectivity index (χ1v) is 10.4. The molecule has 1 aromatic carbocycles. The molecule has 2 aromatic heterocycles. The van der Waals surface area contributed by atoms with E-state index >= 15 is 0 Å². The third-order valence-electron chi connectivity index (χ3n) is 4.20. The molecule has 0 aliphatic carbocycles. The summed E-state index contributed by atoms with van der Waals surface area (Å²) in [7, 11) is 0. The Kier molecular flexibility index (Phi) is 6.41. The fraction of sp³-hybridized carbons (Fsp3) is 0.263. The van der Waals surface area contributed by atoms with E-state index in [9.17, 15) is 4.79 Å². The van der Waals surface area contributed by atoms with Gasteiger partial charge < -0.3 is 4.90 Å². The van der Waals surface area contributed by atoms with Crippen molar-refractivity contribution in [3.63, 3.8) is 0 Å². The predicted molar refractivity (Wildman–Crippen MR) is 109 cm³/mol. The van der Waals surface area contributed by atoms with Crippen molar-refractivity contribution in [1.29, 1.82) is 0 Å². The summed E-state index contributed by atoms with van der Waals surface area (Å²) in [4.78, 5) is 15.6. The van der Waals surface area contributed by atoms with Crippen LogP contribution in [0.1, 0.15) is 16.0 Å². The number of tetrazole rings is 1. The van der Waals surface area contributed by atoms with Gasteiger partial charge in [0.2, 0.25) is 11.1 Å². The Morgan fingerprint density at radius 1 is 1.33 bits per heavy atom. The highest BCUT2D eigenvalue weighted by Crippen LogP contribution is 2.23. The lowest BCUT2D eigenvalue weighted by Crippen LogP contribution is -2.31. The number of nitrogens with zero attached hydrogens (tertiary/aromatic N) is 5. The Bertz CT molecular complexity index is 920. The van der Waals surface area contributed by atoms with Crippen LogP contribution >= 0.6 is 23.1 Å². The van der Waals surface area contributed by atoms with Crippen LogP contribution in [0.2, 0.25) is 0 Å². The van der Waals surface area contributed by atoms with Crippen molar-refractivity contribution in [3.05, 3.63) is 64.4 Å². The minimum atomic E-state index is 0.0313. The number of aryl methyl sites for hydroxylation is 1. The number of thioether (sulfide) groups is 1. The number of carbonyl (C=O) groups excluding carboxylic acids is 1. The number of carbonyl (C=O) groups is 1. The molecule has 0 spiro atoms. The zero-order chi connectivity index (χ0) is 19.2. The lowest BCUT2D eigenvalue weighted by Gasteiger charge is -2.20. The van der Waals surface area contributed by atoms with Crippen LogP contribution in [0.4, 0.5) is 0 Å². The summed E-state index contributed by atoms with van der Waals surface area (Å²) in [5, 5.41) is 14.6. The van der Waals surface area contributed by atoms with Gasteiger partial charge in [0.1, 0.15) is 0 Å². The van der Waals surface area contributed by atoms with E-state index in [1.54, 1.807) is 27.0 Å². The molecule has 0 atom stereocenters. The second-order valence-electron chi connectivity index (χ2n) is 6.02. The molecular formula is C19H21N5OS2. The number of benzene rings is 1. The minimum Gasteiger partial charge on any atom is -0.333 e. The van der Waals surface area contributed by atoms with Crippen molar-refractivity contribution in [2.75, 3.05) is 12.3 Å². The van der Waals surface area contributed by atoms with Gasteiger partial charge in [-0.1, -0.05) is 36.0 Å². The fourth-order valence-electron chi connectivity index (χ4n) is 2.60. The van der Waals surface area contributed by atoms with Crippen LogP contribution in [0.25, 0.3) is 5.69 Å². The highest BCUT2D eigenvalue weighted by atomic mass is 32.2. The molecule has 8 heteroatoms. The molecule has 0 saturated carbocycles. The van der Waals surface area contributed by atoms with Gasteiger partial charge in [0.25, 0.3) is 0 Å². The minimum absolute atomic E-state index is 0.0313. The highest BCUT2D eigenvalue weighted by molar-refractivity contribution is 7.99. The summed E-state index contributed by atoms with van der Waals surface area (Å²) >= 11 is 2.98. The first-order valence-electron chi connectivity index (χ1n) is 8.49. The summed E-state index contributed by atoms with van der Waals surface area (Å²) in [6, 6.07) is 10.0. The number of rotatable bonds is 8. The number of aromatic nitrogens is 4. The molecule has 140 valence electrons. The predicted octanol–water partition coefficient (Wildman–Crippen LogP) is 3.65. The second-order valence-corrected chi connectivity index (χ2v) is 8.00. The third-order valence-corrected chi connectivity index (χ3v) is 5.96. The van der Waals surface area contributed by atoms with Crippen LogP contribution in [0.15, 0.2) is 53.5 Å². The summed E-state index contributed by atoms with van der Waals surface area (Å²) in [6.45, 7) is 8.95. The van der Waals surface area contributed by atoms with Crippen LogP contribution < -0.4 is 0 Å². The molecule has 0 aliphatic rings. The van der Waals surface area contributed by atoms with Gasteiger partial charge in [-0.3, -0.25) is 4.79 Å². The molecule has 0 saturated heterocycles. The summed E-state index contributed by atoms with van der Waals surface area (Å²) in [6.07, 6.45) is 1.75. The molecular weight excluding hydrogens is 378 g/mol. The maximum Gasteiger partial charge on any atom is 0.233 e. The van der Waals surface area contributed by atoms with Crippen molar-refractivity contribution < 1.29 is 4.79 Å². The number of hydrogen-bond donors (Lipinski definition) is 0. The van der Waals surface area contributed by atoms with E-state index in [1.807, 2.05) is 36.6 Å². The van der Waals surface area contributed by atoms with Crippen molar-refractivity contribution >= 4 is 29.0 Å². The Morgan fingerprint density at radius 2 is 2.19 bits per heavy atom. The van der Waals surface area contributed by atoms with Crippen molar-refractivity contribution in [3.8, 4) is 5.69 Å². The van der Waals surface area contributed by atoms with E-state index in [0.717, 1.165) is 16.1 Å². The SMILES string of the molecule is C=CCN(Cc1cccs1)C(=O)CSc1nnnn1-c1cccc(C)c1C. The molecule has 1 amide bonds. The monoisotopic (exact) mass is 399 g/mol. The molecule has 0 bridgehead atoms. The van der Waals surface area contributed by atoms with Crippen LogP contribution in [0.5, 0.6) is 0 Å². The topological polar surface area (TPSA) is 63.9 Å². The zero-order valence-electron chi connectivity index (χ0n) is 15.3. The van der Waals surface area contributed by atoms with Gasteiger partial charge in [0, 0.05) is 11.4 Å². The molecule has 0 fully saturated rings. The number of hydrogen-bond acceptors (Lipinski definition) is 6. The molecule has 27 heavy (non-hydrogen) atoms. The van der Waals surface area contributed by atoms with E-state index in [1.165, 1.54) is 17.3 Å². The van der Waals surface area contributed by atoms with E-state index in [0.29, 0.717) is 18.2 Å². The normalized spacial score (nSPS) is 10.7. The average molecular weight is 400 g/mol. The molecule has 0 aliphatic heterocycles. The van der Waals surface area contributed by atoms with Gasteiger partial charge in [-0.25, -0.2) is 0 Å². The Labute approximate surface area is 166 Å². The standard InChI is InChI=1S/C19H21N5OS2/c1-4-10-23(12-16-8-6-11-26-16)18(25)13-27-19-20-21-22-24(19)17-9-5-7-14(2)15(17)3/h4-9,11H,1,10,12-13H2,2-3H3. The molecule has 0 unspecified atom stereocenters. The molecule has 0 N–H and O–H groups in total. The van der Waals surface area contributed by atoms with E-state index in [2.05, 4.69) is 35.1 Å². The highest BCUT2D eigenvalue weighted by Gasteiger charge is 2.17. The maximum atomic E-state index is 12.7. The fourth-order valence-corrected chi connectivity index (χ4v) is 4.11. The van der Waals surface area contributed by atoms with E-state index < -0.39 is 0 Å². The van der Waals surface area contributed by atoms with Gasteiger partial charge in [-0.15, -0.1) is 23.0 Å². The molecule has 3 aromatic rings. The Balaban J connectivity index is 1.71. The van der Waals surface area contributed by atoms with E-state index in [-0.39, 0.29) is 11.7 Å². The van der Waals surface area contributed by atoms with Crippen LogP contribution in [0, 0.1) is 13.8 Å². The summed E-state index contributed by atoms with van der Waals surface area (Å²) < 4.78 is 1.69. The maximum absolute atomic E-state index is 12.7. The van der Waals surface area contributed by atoms with Crippen molar-refractivity contribution in [2.24, 2.45) is 0 Å². The average Bonchev–Trinajstić information content (AvgIpc) is 3.33. The van der Waals surface area contributed by atoms with Gasteiger partial charge in [0.05, 0.1) is 18.0 Å². The van der Waals surface area contributed by atoms with Crippen molar-refractivity contribution in [2.45, 2.75) is 25.5 Å². The molecule has 6 nitrogen and oxygen atoms in total. The van der Waals surface area contributed by atoms with E-state index in [4.69, 9.17) is 0 Å². The molecule has 3 rings (SSSR count). The first kappa shape index (κ1) is 19.3. The first-order chi connectivity index (χ1) is 13.1. The second kappa shape index (κ2) is 8.96.